The van der Waals surface area contributed by atoms with Crippen molar-refractivity contribution in [2.75, 3.05) is 6.26 Å². The van der Waals surface area contributed by atoms with Crippen molar-refractivity contribution >= 4 is 15.9 Å². The molecule has 0 heterocycles. The van der Waals surface area contributed by atoms with E-state index in [4.69, 9.17) is 0 Å². The number of sulfone groups is 1. The zero-order valence-corrected chi connectivity index (χ0v) is 10.0. The highest BCUT2D eigenvalue weighted by Gasteiger charge is 2.24. The van der Waals surface area contributed by atoms with Crippen molar-refractivity contribution in [3.8, 4) is 0 Å². The summed E-state index contributed by atoms with van der Waals surface area (Å²) in [5.41, 5.74) is 1.31. The first-order chi connectivity index (χ1) is 7.41. The molecule has 2 atom stereocenters. The summed E-state index contributed by atoms with van der Waals surface area (Å²) in [6.45, 7) is 1.90. The highest BCUT2D eigenvalue weighted by atomic mass is 32.2. The number of benzene rings is 1. The van der Waals surface area contributed by atoms with E-state index in [2.05, 4.69) is 0 Å². The average molecular weight is 238 g/mol. The number of rotatable bonds is 1. The summed E-state index contributed by atoms with van der Waals surface area (Å²) in [6.07, 6.45) is 4.17. The Labute approximate surface area is 95.3 Å². The number of hydrogen-bond donors (Lipinski definition) is 1. The standard InChI is InChI=1S/C12H14O3S/c1-8-6-7-9-10(12(8)13)4-3-5-11(9)16(2,14)15/h3-8,12-13H,1-2H3/t8-,12-/m0/s1. The van der Waals surface area contributed by atoms with Gasteiger partial charge in [0.25, 0.3) is 0 Å². The second-order valence-corrected chi connectivity index (χ2v) is 6.18. The second kappa shape index (κ2) is 3.71. The van der Waals surface area contributed by atoms with E-state index >= 15 is 0 Å². The molecular formula is C12H14O3S. The van der Waals surface area contributed by atoms with Crippen LogP contribution in [-0.4, -0.2) is 19.8 Å². The third-order valence-electron chi connectivity index (χ3n) is 2.88. The highest BCUT2D eigenvalue weighted by Crippen LogP contribution is 2.34. The first-order valence-electron chi connectivity index (χ1n) is 5.10. The summed E-state index contributed by atoms with van der Waals surface area (Å²) in [5, 5.41) is 9.97. The van der Waals surface area contributed by atoms with Gasteiger partial charge in [-0.25, -0.2) is 8.42 Å². The van der Waals surface area contributed by atoms with Crippen molar-refractivity contribution in [1.82, 2.24) is 0 Å². The molecule has 0 radical (unpaired) electrons. The van der Waals surface area contributed by atoms with Crippen molar-refractivity contribution in [3.63, 3.8) is 0 Å². The number of aliphatic hydroxyl groups excluding tert-OH is 1. The Kier molecular flexibility index (Phi) is 2.64. The highest BCUT2D eigenvalue weighted by molar-refractivity contribution is 7.90. The van der Waals surface area contributed by atoms with Gasteiger partial charge in [0, 0.05) is 12.2 Å². The summed E-state index contributed by atoms with van der Waals surface area (Å²) >= 11 is 0. The minimum absolute atomic E-state index is 0.0160. The maximum atomic E-state index is 11.6. The Hall–Kier alpha value is -1.13. The van der Waals surface area contributed by atoms with Gasteiger partial charge in [-0.3, -0.25) is 0 Å². The van der Waals surface area contributed by atoms with Crippen molar-refractivity contribution in [2.24, 2.45) is 5.92 Å². The number of hydrogen-bond acceptors (Lipinski definition) is 3. The molecule has 0 unspecified atom stereocenters. The molecule has 1 N–H and O–H groups in total. The minimum atomic E-state index is -3.25. The molecule has 0 saturated heterocycles. The maximum absolute atomic E-state index is 11.6. The molecule has 0 aromatic heterocycles. The molecule has 1 aliphatic rings. The zero-order valence-electron chi connectivity index (χ0n) is 9.21. The van der Waals surface area contributed by atoms with Gasteiger partial charge in [0.15, 0.2) is 9.84 Å². The van der Waals surface area contributed by atoms with Crippen LogP contribution in [0.1, 0.15) is 24.2 Å². The molecule has 0 aliphatic heterocycles. The molecular weight excluding hydrogens is 224 g/mol. The van der Waals surface area contributed by atoms with Crippen LogP contribution in [-0.2, 0) is 9.84 Å². The van der Waals surface area contributed by atoms with E-state index in [1.165, 1.54) is 6.26 Å². The summed E-state index contributed by atoms with van der Waals surface area (Å²) in [5.74, 6) is 0.0160. The lowest BCUT2D eigenvalue weighted by Gasteiger charge is -2.23. The van der Waals surface area contributed by atoms with Crippen LogP contribution in [0.3, 0.4) is 0 Å². The third kappa shape index (κ3) is 1.79. The Morgan fingerprint density at radius 1 is 1.31 bits per heavy atom. The van der Waals surface area contributed by atoms with Gasteiger partial charge < -0.3 is 5.11 Å². The SMILES string of the molecule is C[C@H]1C=Cc2c(cccc2S(C)(=O)=O)[C@H]1O. The number of aliphatic hydroxyl groups is 1. The van der Waals surface area contributed by atoms with Crippen LogP contribution in [0.4, 0.5) is 0 Å². The molecule has 0 bridgehead atoms. The predicted octanol–water partition coefficient (Wildman–Crippen LogP) is 1.79. The Morgan fingerprint density at radius 2 is 2.00 bits per heavy atom. The van der Waals surface area contributed by atoms with E-state index < -0.39 is 15.9 Å². The van der Waals surface area contributed by atoms with E-state index in [-0.39, 0.29) is 10.8 Å². The average Bonchev–Trinajstić information content (AvgIpc) is 2.21. The summed E-state index contributed by atoms with van der Waals surface area (Å²) in [6, 6.07) is 5.01. The fourth-order valence-corrected chi connectivity index (χ4v) is 2.87. The van der Waals surface area contributed by atoms with Gasteiger partial charge in [-0.2, -0.15) is 0 Å². The minimum Gasteiger partial charge on any atom is -0.388 e. The smallest absolute Gasteiger partial charge is 0.176 e. The second-order valence-electron chi connectivity index (χ2n) is 4.19. The topological polar surface area (TPSA) is 54.4 Å². The molecule has 0 saturated carbocycles. The predicted molar refractivity (Wildman–Crippen MR) is 62.7 cm³/mol. The fraction of sp³-hybridized carbons (Fsp3) is 0.333. The quantitative estimate of drug-likeness (QED) is 0.811. The molecule has 86 valence electrons. The zero-order chi connectivity index (χ0) is 11.9. The molecule has 3 nitrogen and oxygen atoms in total. The van der Waals surface area contributed by atoms with E-state index in [9.17, 15) is 13.5 Å². The summed E-state index contributed by atoms with van der Waals surface area (Å²) in [4.78, 5) is 0.284. The third-order valence-corrected chi connectivity index (χ3v) is 4.04. The molecule has 1 aliphatic carbocycles. The molecule has 4 heteroatoms. The van der Waals surface area contributed by atoms with Crippen LogP contribution >= 0.6 is 0 Å². The van der Waals surface area contributed by atoms with Crippen molar-refractivity contribution in [2.45, 2.75) is 17.9 Å². The van der Waals surface area contributed by atoms with Crippen LogP contribution in [0, 0.1) is 5.92 Å². The fourth-order valence-electron chi connectivity index (χ4n) is 1.96. The molecule has 0 fully saturated rings. The molecule has 0 spiro atoms. The summed E-state index contributed by atoms with van der Waals surface area (Å²) < 4.78 is 23.2. The van der Waals surface area contributed by atoms with E-state index in [0.717, 1.165) is 0 Å². The normalized spacial score (nSPS) is 24.2. The van der Waals surface area contributed by atoms with Gasteiger partial charge in [-0.1, -0.05) is 31.2 Å². The largest absolute Gasteiger partial charge is 0.388 e. The van der Waals surface area contributed by atoms with Crippen molar-refractivity contribution < 1.29 is 13.5 Å². The van der Waals surface area contributed by atoms with Crippen molar-refractivity contribution in [1.29, 1.82) is 0 Å². The molecule has 16 heavy (non-hydrogen) atoms. The molecule has 1 aromatic carbocycles. The molecule has 2 rings (SSSR count). The van der Waals surface area contributed by atoms with Crippen molar-refractivity contribution in [3.05, 3.63) is 35.4 Å². The van der Waals surface area contributed by atoms with E-state index in [0.29, 0.717) is 11.1 Å². The summed E-state index contributed by atoms with van der Waals surface area (Å²) in [7, 11) is -3.25. The molecule has 1 aromatic rings. The maximum Gasteiger partial charge on any atom is 0.176 e. The van der Waals surface area contributed by atoms with Crippen LogP contribution < -0.4 is 0 Å². The Bertz CT molecular complexity index is 543. The first kappa shape index (κ1) is 11.4. The Morgan fingerprint density at radius 3 is 2.62 bits per heavy atom. The number of fused-ring (bicyclic) bond motifs is 1. The van der Waals surface area contributed by atoms with Gasteiger partial charge in [-0.05, 0) is 17.2 Å². The van der Waals surface area contributed by atoms with E-state index in [1.54, 1.807) is 24.3 Å². The van der Waals surface area contributed by atoms with Crippen LogP contribution in [0.15, 0.2) is 29.2 Å². The Balaban J connectivity index is 2.70. The first-order valence-corrected chi connectivity index (χ1v) is 6.99. The lowest BCUT2D eigenvalue weighted by molar-refractivity contribution is 0.138. The molecule has 0 amide bonds. The van der Waals surface area contributed by atoms with Gasteiger partial charge in [0.2, 0.25) is 0 Å². The monoisotopic (exact) mass is 238 g/mol. The van der Waals surface area contributed by atoms with Crippen LogP contribution in [0.5, 0.6) is 0 Å². The van der Waals surface area contributed by atoms with Gasteiger partial charge in [0.05, 0.1) is 11.0 Å². The van der Waals surface area contributed by atoms with Crippen LogP contribution in [0.25, 0.3) is 6.08 Å². The van der Waals surface area contributed by atoms with E-state index in [1.807, 2.05) is 13.0 Å². The van der Waals surface area contributed by atoms with Gasteiger partial charge in [0.1, 0.15) is 0 Å². The lowest BCUT2D eigenvalue weighted by atomic mass is 9.88. The van der Waals surface area contributed by atoms with Crippen LogP contribution in [0.2, 0.25) is 0 Å². The van der Waals surface area contributed by atoms with Gasteiger partial charge >= 0.3 is 0 Å². The van der Waals surface area contributed by atoms with Gasteiger partial charge in [-0.15, -0.1) is 0 Å². The lowest BCUT2D eigenvalue weighted by Crippen LogP contribution is -2.14.